The van der Waals surface area contributed by atoms with Crippen LogP contribution in [0.5, 0.6) is 0 Å². The fourth-order valence-corrected chi connectivity index (χ4v) is 5.99. The predicted molar refractivity (Wildman–Crippen MR) is 169 cm³/mol. The summed E-state index contributed by atoms with van der Waals surface area (Å²) in [6.45, 7) is 6.33. The van der Waals surface area contributed by atoms with Crippen LogP contribution < -0.4 is 11.1 Å². The Morgan fingerprint density at radius 3 is 2.60 bits per heavy atom. The van der Waals surface area contributed by atoms with Crippen LogP contribution in [0.3, 0.4) is 0 Å². The van der Waals surface area contributed by atoms with Crippen molar-refractivity contribution in [3.05, 3.63) is 95.4 Å². The van der Waals surface area contributed by atoms with E-state index in [0.29, 0.717) is 19.6 Å². The Labute approximate surface area is 253 Å². The highest BCUT2D eigenvalue weighted by molar-refractivity contribution is 7.13. The molecule has 2 heterocycles. The zero-order valence-electron chi connectivity index (χ0n) is 24.7. The molecule has 2 amide bonds. The van der Waals surface area contributed by atoms with Gasteiger partial charge in [-0.15, -0.1) is 11.3 Å². The number of ether oxygens (including phenoxy) is 1. The highest BCUT2D eigenvalue weighted by atomic mass is 32.1. The van der Waals surface area contributed by atoms with E-state index in [1.54, 1.807) is 25.2 Å². The fraction of sp³-hybridized carbons (Fsp3) is 0.412. The van der Waals surface area contributed by atoms with E-state index in [-0.39, 0.29) is 18.6 Å². The van der Waals surface area contributed by atoms with Gasteiger partial charge in [0.15, 0.2) is 0 Å². The monoisotopic (exact) mass is 589 g/mol. The van der Waals surface area contributed by atoms with Crippen LogP contribution in [0.4, 0.5) is 0 Å². The lowest BCUT2D eigenvalue weighted by Gasteiger charge is -2.32. The Hall–Kier alpha value is -3.30. The first kappa shape index (κ1) is 31.6. The SMILES string of the molecule is C[C@H](N)C(=O)N[C@H](C(=O)N1CCCC1/C=C/[C@](C)(CO)Cc1cccc(-c2cccs2)c1)[C@@H](C)OCc1ccccc1. The Morgan fingerprint density at radius 1 is 1.14 bits per heavy atom. The van der Waals surface area contributed by atoms with E-state index in [4.69, 9.17) is 10.5 Å². The van der Waals surface area contributed by atoms with E-state index in [1.807, 2.05) is 60.4 Å². The van der Waals surface area contributed by atoms with Crippen LogP contribution in [0, 0.1) is 5.41 Å². The number of thiophene rings is 1. The van der Waals surface area contributed by atoms with Gasteiger partial charge in [0, 0.05) is 16.8 Å². The zero-order chi connectivity index (χ0) is 30.1. The molecular weight excluding hydrogens is 546 g/mol. The normalized spacial score (nSPS) is 18.9. The second-order valence-electron chi connectivity index (χ2n) is 11.5. The Balaban J connectivity index is 1.47. The number of benzene rings is 2. The van der Waals surface area contributed by atoms with E-state index in [0.717, 1.165) is 24.0 Å². The first-order valence-corrected chi connectivity index (χ1v) is 15.5. The summed E-state index contributed by atoms with van der Waals surface area (Å²) in [4.78, 5) is 29.5. The van der Waals surface area contributed by atoms with Crippen LogP contribution in [-0.4, -0.2) is 59.2 Å². The van der Waals surface area contributed by atoms with E-state index in [9.17, 15) is 14.7 Å². The molecule has 8 heteroatoms. The minimum Gasteiger partial charge on any atom is -0.395 e. The van der Waals surface area contributed by atoms with Crippen molar-refractivity contribution >= 4 is 23.2 Å². The maximum Gasteiger partial charge on any atom is 0.248 e. The third-order valence-corrected chi connectivity index (χ3v) is 8.73. The summed E-state index contributed by atoms with van der Waals surface area (Å²) < 4.78 is 6.07. The van der Waals surface area contributed by atoms with Crippen molar-refractivity contribution in [2.24, 2.45) is 11.1 Å². The smallest absolute Gasteiger partial charge is 0.248 e. The molecule has 1 aliphatic rings. The number of rotatable bonds is 13. The van der Waals surface area contributed by atoms with Crippen LogP contribution in [0.25, 0.3) is 10.4 Å². The maximum atomic E-state index is 13.9. The Kier molecular flexibility index (Phi) is 11.1. The molecule has 4 rings (SSSR count). The number of aliphatic hydroxyl groups is 1. The van der Waals surface area contributed by atoms with E-state index < -0.39 is 29.5 Å². The molecule has 0 spiro atoms. The molecule has 2 aromatic carbocycles. The molecule has 0 saturated carbocycles. The Morgan fingerprint density at radius 2 is 1.90 bits per heavy atom. The van der Waals surface area contributed by atoms with Gasteiger partial charge < -0.3 is 25.8 Å². The average Bonchev–Trinajstić information content (AvgIpc) is 3.71. The van der Waals surface area contributed by atoms with Crippen molar-refractivity contribution in [2.45, 2.75) is 70.9 Å². The van der Waals surface area contributed by atoms with Crippen molar-refractivity contribution in [1.82, 2.24) is 10.2 Å². The minimum absolute atomic E-state index is 0.0230. The fourth-order valence-electron chi connectivity index (χ4n) is 5.26. The first-order chi connectivity index (χ1) is 20.2. The summed E-state index contributed by atoms with van der Waals surface area (Å²) in [5, 5.41) is 15.3. The molecule has 1 aliphatic heterocycles. The van der Waals surface area contributed by atoms with Gasteiger partial charge in [0.25, 0.3) is 0 Å². The van der Waals surface area contributed by atoms with Crippen LogP contribution in [-0.2, 0) is 27.4 Å². The van der Waals surface area contributed by atoms with Crippen molar-refractivity contribution in [3.8, 4) is 10.4 Å². The number of nitrogens with one attached hydrogen (secondary N) is 1. The number of likely N-dealkylation sites (tertiary alicyclic amines) is 1. The number of nitrogens with two attached hydrogens (primary N) is 1. The zero-order valence-corrected chi connectivity index (χ0v) is 25.6. The lowest BCUT2D eigenvalue weighted by atomic mass is 9.83. The number of hydrogen-bond acceptors (Lipinski definition) is 6. The number of nitrogens with zero attached hydrogens (tertiary/aromatic N) is 1. The van der Waals surface area contributed by atoms with Gasteiger partial charge in [-0.05, 0) is 61.2 Å². The van der Waals surface area contributed by atoms with Crippen molar-refractivity contribution in [2.75, 3.05) is 13.2 Å². The van der Waals surface area contributed by atoms with E-state index in [1.165, 1.54) is 10.4 Å². The van der Waals surface area contributed by atoms with Crippen LogP contribution >= 0.6 is 11.3 Å². The van der Waals surface area contributed by atoms with Crippen molar-refractivity contribution in [3.63, 3.8) is 0 Å². The highest BCUT2D eigenvalue weighted by Crippen LogP contribution is 2.30. The topological polar surface area (TPSA) is 105 Å². The van der Waals surface area contributed by atoms with Gasteiger partial charge in [0.05, 0.1) is 31.4 Å². The molecule has 224 valence electrons. The summed E-state index contributed by atoms with van der Waals surface area (Å²) >= 11 is 1.71. The molecular formula is C34H43N3O4S. The summed E-state index contributed by atoms with van der Waals surface area (Å²) in [6.07, 6.45) is 5.86. The summed E-state index contributed by atoms with van der Waals surface area (Å²) in [5.74, 6) is -0.585. The number of amides is 2. The minimum atomic E-state index is -0.870. The molecule has 0 bridgehead atoms. The first-order valence-electron chi connectivity index (χ1n) is 14.6. The van der Waals surface area contributed by atoms with Gasteiger partial charge >= 0.3 is 0 Å². The van der Waals surface area contributed by atoms with Gasteiger partial charge in [-0.1, -0.05) is 79.7 Å². The number of carbonyl (C=O) groups is 2. The molecule has 1 unspecified atom stereocenters. The number of aliphatic hydroxyl groups excluding tert-OH is 1. The summed E-state index contributed by atoms with van der Waals surface area (Å²) in [7, 11) is 0. The van der Waals surface area contributed by atoms with Gasteiger partial charge in [-0.3, -0.25) is 9.59 Å². The van der Waals surface area contributed by atoms with Gasteiger partial charge in [0.1, 0.15) is 6.04 Å². The third kappa shape index (κ3) is 8.38. The lowest BCUT2D eigenvalue weighted by Crippen LogP contribution is -2.57. The lowest BCUT2D eigenvalue weighted by molar-refractivity contribution is -0.141. The molecule has 1 saturated heterocycles. The standard InChI is InChI=1S/C34H43N3O4S/c1-24(35)32(39)36-31(25(2)41-22-26-10-5-4-6-11-26)33(40)37-18-8-14-29(37)16-17-34(3,23-38)21-27-12-7-13-28(20-27)30-15-9-19-42-30/h4-7,9-13,15-17,19-20,24-25,29,31,38H,8,14,18,21-23,35H2,1-3H3,(H,36,39)/b17-16+/t24-,25+,29?,31-,34-/m0/s1. The van der Waals surface area contributed by atoms with E-state index in [2.05, 4.69) is 41.0 Å². The molecule has 4 N–H and O–H groups in total. The molecule has 42 heavy (non-hydrogen) atoms. The summed E-state index contributed by atoms with van der Waals surface area (Å²) in [6, 6.07) is 20.6. The van der Waals surface area contributed by atoms with Gasteiger partial charge in [-0.25, -0.2) is 0 Å². The molecule has 3 aromatic rings. The van der Waals surface area contributed by atoms with E-state index >= 15 is 0 Å². The average molecular weight is 590 g/mol. The maximum absolute atomic E-state index is 13.9. The summed E-state index contributed by atoms with van der Waals surface area (Å²) in [5.41, 5.74) is 8.63. The highest BCUT2D eigenvalue weighted by Gasteiger charge is 2.37. The largest absolute Gasteiger partial charge is 0.395 e. The molecule has 1 aromatic heterocycles. The molecule has 0 aliphatic carbocycles. The van der Waals surface area contributed by atoms with Crippen LogP contribution in [0.2, 0.25) is 0 Å². The van der Waals surface area contributed by atoms with Crippen molar-refractivity contribution < 1.29 is 19.4 Å². The third-order valence-electron chi connectivity index (χ3n) is 7.81. The molecule has 5 atom stereocenters. The molecule has 0 radical (unpaired) electrons. The predicted octanol–water partition coefficient (Wildman–Crippen LogP) is 4.94. The van der Waals surface area contributed by atoms with Gasteiger partial charge in [-0.2, -0.15) is 0 Å². The second-order valence-corrected chi connectivity index (χ2v) is 12.5. The molecule has 7 nitrogen and oxygen atoms in total. The second kappa shape index (κ2) is 14.7. The van der Waals surface area contributed by atoms with Crippen LogP contribution in [0.15, 0.2) is 84.3 Å². The van der Waals surface area contributed by atoms with Gasteiger partial charge in [0.2, 0.25) is 11.8 Å². The van der Waals surface area contributed by atoms with Crippen molar-refractivity contribution in [1.29, 1.82) is 0 Å². The molecule has 1 fully saturated rings. The quantitative estimate of drug-likeness (QED) is 0.245. The van der Waals surface area contributed by atoms with Crippen LogP contribution in [0.1, 0.15) is 44.7 Å². The Bertz CT molecular complexity index is 1330. The number of hydrogen-bond donors (Lipinski definition) is 3. The number of carbonyl (C=O) groups excluding carboxylic acids is 2.